The van der Waals surface area contributed by atoms with Crippen molar-refractivity contribution in [3.8, 4) is 11.5 Å². The van der Waals surface area contributed by atoms with E-state index in [0.29, 0.717) is 24.1 Å². The number of hydrogen-bond donors (Lipinski definition) is 2. The number of phenols is 2. The van der Waals surface area contributed by atoms with Crippen LogP contribution in [0.4, 0.5) is 0 Å². The number of nitrogens with zero attached hydrogens (tertiary/aromatic N) is 1. The summed E-state index contributed by atoms with van der Waals surface area (Å²) in [6.07, 6.45) is 7.92. The van der Waals surface area contributed by atoms with Gasteiger partial charge in [-0.15, -0.1) is 0 Å². The highest BCUT2D eigenvalue weighted by molar-refractivity contribution is 7.93. The predicted molar refractivity (Wildman–Crippen MR) is 123 cm³/mol. The molecule has 8 nitrogen and oxygen atoms in total. The van der Waals surface area contributed by atoms with Crippen molar-refractivity contribution in [3.05, 3.63) is 35.4 Å². The lowest BCUT2D eigenvalue weighted by molar-refractivity contribution is -0.142. The quantitative estimate of drug-likeness (QED) is 0.214. The van der Waals surface area contributed by atoms with E-state index < -0.39 is 11.9 Å². The molecule has 9 heteroatoms. The molecule has 0 aliphatic carbocycles. The first kappa shape index (κ1) is 25.7. The third kappa shape index (κ3) is 8.20. The first-order valence-corrected chi connectivity index (χ1v) is 11.3. The van der Waals surface area contributed by atoms with Crippen LogP contribution < -0.4 is 0 Å². The molecule has 1 heterocycles. The molecule has 2 N–H and O–H groups in total. The normalized spacial score (nSPS) is 20.3. The van der Waals surface area contributed by atoms with Gasteiger partial charge in [-0.25, -0.2) is 9.59 Å². The summed E-state index contributed by atoms with van der Waals surface area (Å²) >= 11 is 0.768. The van der Waals surface area contributed by atoms with Crippen molar-refractivity contribution in [2.24, 2.45) is 10.3 Å². The minimum absolute atomic E-state index is 0.0164. The van der Waals surface area contributed by atoms with Crippen molar-refractivity contribution >= 4 is 29.9 Å². The van der Waals surface area contributed by atoms with Crippen LogP contribution in [0.3, 0.4) is 0 Å². The number of carbonyl (C=O) groups is 2. The van der Waals surface area contributed by atoms with E-state index in [-0.39, 0.29) is 42.1 Å². The zero-order chi connectivity index (χ0) is 23.5. The number of fused-ring (bicyclic) bond motifs is 1. The Labute approximate surface area is 193 Å². The lowest BCUT2D eigenvalue weighted by Gasteiger charge is -2.22. The van der Waals surface area contributed by atoms with Crippen molar-refractivity contribution in [2.45, 2.75) is 58.5 Å². The number of esters is 2. The van der Waals surface area contributed by atoms with E-state index in [1.807, 2.05) is 19.9 Å². The van der Waals surface area contributed by atoms with Gasteiger partial charge in [0.05, 0.1) is 7.11 Å². The van der Waals surface area contributed by atoms with Crippen molar-refractivity contribution in [2.75, 3.05) is 13.7 Å². The molecule has 1 atom stereocenters. The molecule has 0 radical (unpaired) electrons. The Bertz CT molecular complexity index is 851. The summed E-state index contributed by atoms with van der Waals surface area (Å²) < 4.78 is 19.8. The SMILES string of the molecule is COC(=O)COSN=C1CCCC/C=C/C[C@@H](C(C)C)OC(=O)c2c(O)cc(O)cc2C1. The van der Waals surface area contributed by atoms with Crippen molar-refractivity contribution in [1.29, 1.82) is 0 Å². The van der Waals surface area contributed by atoms with Crippen LogP contribution in [-0.4, -0.2) is 47.7 Å². The van der Waals surface area contributed by atoms with Gasteiger partial charge in [0.15, 0.2) is 6.61 Å². The van der Waals surface area contributed by atoms with E-state index in [1.165, 1.54) is 13.2 Å². The molecule has 1 aromatic carbocycles. The lowest BCUT2D eigenvalue weighted by Crippen LogP contribution is -2.24. The van der Waals surface area contributed by atoms with E-state index in [2.05, 4.69) is 15.2 Å². The predicted octanol–water partition coefficient (Wildman–Crippen LogP) is 4.54. The van der Waals surface area contributed by atoms with Crippen LogP contribution in [-0.2, 0) is 24.9 Å². The Morgan fingerprint density at radius 2 is 2.06 bits per heavy atom. The minimum atomic E-state index is -0.643. The monoisotopic (exact) mass is 465 g/mol. The van der Waals surface area contributed by atoms with E-state index in [1.54, 1.807) is 0 Å². The van der Waals surface area contributed by atoms with Crippen LogP contribution in [0.5, 0.6) is 11.5 Å². The second-order valence-corrected chi connectivity index (χ2v) is 8.45. The number of carbonyl (C=O) groups excluding carboxylic acids is 2. The topological polar surface area (TPSA) is 115 Å². The third-order valence-corrected chi connectivity index (χ3v) is 5.59. The number of cyclic esters (lactones) is 1. The average Bonchev–Trinajstić information content (AvgIpc) is 2.73. The van der Waals surface area contributed by atoms with Crippen molar-refractivity contribution in [3.63, 3.8) is 0 Å². The molecule has 1 aliphatic heterocycles. The standard InChI is InChI=1S/C23H31NO7S/c1-15(2)20-10-8-6-4-5-7-9-17(24-32-30-14-21(27)29-3)11-16-12-18(25)13-19(26)22(16)23(28)31-20/h6,8,12-13,15,20,25-26H,4-5,7,9-11,14H2,1-3H3/b8-6+,24-17?/t20-/m0/s1. The molecular formula is C23H31NO7S. The maximum atomic E-state index is 13.0. The average molecular weight is 466 g/mol. The smallest absolute Gasteiger partial charge is 0.342 e. The molecule has 0 saturated carbocycles. The van der Waals surface area contributed by atoms with Gasteiger partial charge in [-0.2, -0.15) is 4.40 Å². The Morgan fingerprint density at radius 3 is 2.78 bits per heavy atom. The molecular weight excluding hydrogens is 434 g/mol. The molecule has 0 fully saturated rings. The van der Waals surface area contributed by atoms with Crippen LogP contribution in [0, 0.1) is 5.92 Å². The summed E-state index contributed by atoms with van der Waals surface area (Å²) in [5, 5.41) is 20.4. The van der Waals surface area contributed by atoms with Gasteiger partial charge < -0.3 is 19.7 Å². The van der Waals surface area contributed by atoms with Crippen LogP contribution in [0.2, 0.25) is 0 Å². The van der Waals surface area contributed by atoms with Crippen LogP contribution in [0.25, 0.3) is 0 Å². The Hall–Kier alpha value is -2.52. The van der Waals surface area contributed by atoms with E-state index in [9.17, 15) is 19.8 Å². The van der Waals surface area contributed by atoms with E-state index >= 15 is 0 Å². The fourth-order valence-electron chi connectivity index (χ4n) is 3.23. The third-order valence-electron chi connectivity index (χ3n) is 5.03. The zero-order valence-corrected chi connectivity index (χ0v) is 19.5. The Kier molecular flexibility index (Phi) is 10.6. The number of ether oxygens (including phenoxy) is 2. The molecule has 0 amide bonds. The van der Waals surface area contributed by atoms with Gasteiger partial charge in [-0.3, -0.25) is 4.18 Å². The van der Waals surface area contributed by atoms with Crippen LogP contribution in [0.1, 0.15) is 61.9 Å². The van der Waals surface area contributed by atoms with Crippen molar-refractivity contribution < 1.29 is 33.5 Å². The number of methoxy groups -OCH3 is 1. The molecule has 0 spiro atoms. The lowest BCUT2D eigenvalue weighted by atomic mass is 9.97. The van der Waals surface area contributed by atoms with Gasteiger partial charge in [0, 0.05) is 24.6 Å². The summed E-state index contributed by atoms with van der Waals surface area (Å²) in [6, 6.07) is 2.56. The van der Waals surface area contributed by atoms with Gasteiger partial charge in [-0.1, -0.05) is 26.0 Å². The summed E-state index contributed by atoms with van der Waals surface area (Å²) in [6.45, 7) is 3.70. The molecule has 0 unspecified atom stereocenters. The summed E-state index contributed by atoms with van der Waals surface area (Å²) in [5.41, 5.74) is 1.12. The molecule has 0 saturated heterocycles. The Morgan fingerprint density at radius 1 is 1.28 bits per heavy atom. The first-order valence-electron chi connectivity index (χ1n) is 10.6. The zero-order valence-electron chi connectivity index (χ0n) is 18.7. The first-order chi connectivity index (χ1) is 15.3. The summed E-state index contributed by atoms with van der Waals surface area (Å²) in [7, 11) is 1.27. The number of rotatable bonds is 5. The second-order valence-electron chi connectivity index (χ2n) is 7.89. The summed E-state index contributed by atoms with van der Waals surface area (Å²) in [4.78, 5) is 24.2. The second kappa shape index (κ2) is 13.1. The maximum absolute atomic E-state index is 13.0. The summed E-state index contributed by atoms with van der Waals surface area (Å²) in [5.74, 6) is -1.56. The molecule has 176 valence electrons. The minimum Gasteiger partial charge on any atom is -0.508 e. The molecule has 1 aliphatic rings. The van der Waals surface area contributed by atoms with Crippen LogP contribution in [0.15, 0.2) is 28.7 Å². The van der Waals surface area contributed by atoms with Gasteiger partial charge in [0.25, 0.3) is 0 Å². The fourth-order valence-corrected chi connectivity index (χ4v) is 3.70. The fraction of sp³-hybridized carbons (Fsp3) is 0.522. The number of allylic oxidation sites excluding steroid dienone is 1. The molecule has 0 bridgehead atoms. The van der Waals surface area contributed by atoms with Gasteiger partial charge >= 0.3 is 11.9 Å². The largest absolute Gasteiger partial charge is 0.508 e. The highest BCUT2D eigenvalue weighted by Crippen LogP contribution is 2.30. The molecule has 2 rings (SSSR count). The number of hydrogen-bond acceptors (Lipinski definition) is 9. The van der Waals surface area contributed by atoms with Gasteiger partial charge in [0.2, 0.25) is 0 Å². The van der Waals surface area contributed by atoms with E-state index in [4.69, 9.17) is 8.92 Å². The molecule has 0 aromatic heterocycles. The number of aromatic hydroxyl groups is 2. The van der Waals surface area contributed by atoms with Crippen molar-refractivity contribution in [1.82, 2.24) is 0 Å². The number of phenolic OH excluding ortho intramolecular Hbond substituents is 2. The molecule has 1 aromatic rings. The molecule has 32 heavy (non-hydrogen) atoms. The maximum Gasteiger partial charge on any atom is 0.342 e. The van der Waals surface area contributed by atoms with E-state index in [0.717, 1.165) is 37.6 Å². The van der Waals surface area contributed by atoms with Crippen LogP contribution >= 0.6 is 12.2 Å². The van der Waals surface area contributed by atoms with Gasteiger partial charge in [0.1, 0.15) is 35.4 Å². The Balaban J connectivity index is 2.34. The highest BCUT2D eigenvalue weighted by Gasteiger charge is 2.25. The highest BCUT2D eigenvalue weighted by atomic mass is 32.2. The van der Waals surface area contributed by atoms with Gasteiger partial charge in [-0.05, 0) is 43.2 Å². The number of benzene rings is 1.